The summed E-state index contributed by atoms with van der Waals surface area (Å²) in [5.41, 5.74) is 2.41. The first kappa shape index (κ1) is 32.8. The largest absolute Gasteiger partial charge is 0.480 e. The zero-order valence-corrected chi connectivity index (χ0v) is 26.4. The van der Waals surface area contributed by atoms with Crippen LogP contribution in [0.3, 0.4) is 0 Å². The number of hydrogen-bond acceptors (Lipinski definition) is 8. The maximum absolute atomic E-state index is 13.1. The average Bonchev–Trinajstić information content (AvgIpc) is 3.72. The van der Waals surface area contributed by atoms with Gasteiger partial charge in [0.2, 0.25) is 21.8 Å². The summed E-state index contributed by atoms with van der Waals surface area (Å²) in [6.45, 7) is 3.75. The van der Waals surface area contributed by atoms with Crippen LogP contribution in [0.5, 0.6) is 0 Å². The Morgan fingerprint density at radius 2 is 1.87 bits per heavy atom. The predicted molar refractivity (Wildman–Crippen MR) is 169 cm³/mol. The molecule has 2 saturated heterocycles. The third-order valence-corrected chi connectivity index (χ3v) is 10.8. The summed E-state index contributed by atoms with van der Waals surface area (Å²) < 4.78 is 27.4. The zero-order chi connectivity index (χ0) is 31.8. The van der Waals surface area contributed by atoms with Crippen LogP contribution in [0.1, 0.15) is 62.6 Å². The minimum Gasteiger partial charge on any atom is -0.480 e. The van der Waals surface area contributed by atoms with Crippen molar-refractivity contribution in [1.29, 1.82) is 0 Å². The van der Waals surface area contributed by atoms with Crippen molar-refractivity contribution in [2.24, 2.45) is 0 Å². The second kappa shape index (κ2) is 15.2. The smallest absolute Gasteiger partial charge is 0.326 e. The highest BCUT2D eigenvalue weighted by Crippen LogP contribution is 2.26. The van der Waals surface area contributed by atoms with Crippen molar-refractivity contribution in [2.45, 2.75) is 87.2 Å². The summed E-state index contributed by atoms with van der Waals surface area (Å²) in [5, 5.41) is 18.6. The second-order valence-electron chi connectivity index (χ2n) is 12.2. The number of carbonyl (C=O) groups is 3. The molecule has 0 unspecified atom stereocenters. The van der Waals surface area contributed by atoms with E-state index >= 15 is 0 Å². The van der Waals surface area contributed by atoms with Crippen molar-refractivity contribution in [2.75, 3.05) is 38.0 Å². The number of rotatable bonds is 14. The maximum atomic E-state index is 13.1. The van der Waals surface area contributed by atoms with E-state index in [9.17, 15) is 27.9 Å². The molecule has 1 aromatic carbocycles. The van der Waals surface area contributed by atoms with Crippen molar-refractivity contribution in [3.8, 4) is 0 Å². The monoisotopic (exact) mass is 640 g/mol. The number of carboxylic acid groups (broad SMARTS) is 1. The summed E-state index contributed by atoms with van der Waals surface area (Å²) in [4.78, 5) is 44.9. The number of benzene rings is 1. The maximum Gasteiger partial charge on any atom is 0.326 e. The lowest BCUT2D eigenvalue weighted by Gasteiger charge is -2.25. The minimum atomic E-state index is -3.90. The summed E-state index contributed by atoms with van der Waals surface area (Å²) in [5.74, 6) is -1.15. The first-order valence-corrected chi connectivity index (χ1v) is 17.5. The molecule has 4 heterocycles. The highest BCUT2D eigenvalue weighted by Gasteiger charge is 2.40. The molecule has 2 aromatic rings. The van der Waals surface area contributed by atoms with Crippen LogP contribution >= 0.6 is 0 Å². The van der Waals surface area contributed by atoms with Gasteiger partial charge in [0.05, 0.1) is 4.90 Å². The molecule has 2 amide bonds. The van der Waals surface area contributed by atoms with Crippen LogP contribution in [0.25, 0.3) is 0 Å². The van der Waals surface area contributed by atoms with Crippen molar-refractivity contribution in [3.63, 3.8) is 0 Å². The van der Waals surface area contributed by atoms with Crippen LogP contribution in [-0.4, -0.2) is 96.3 Å². The Balaban J connectivity index is 1.02. The average molecular weight is 641 g/mol. The van der Waals surface area contributed by atoms with Crippen molar-refractivity contribution in [3.05, 3.63) is 53.7 Å². The van der Waals surface area contributed by atoms with E-state index in [0.717, 1.165) is 80.5 Å². The van der Waals surface area contributed by atoms with E-state index in [-0.39, 0.29) is 36.2 Å². The van der Waals surface area contributed by atoms with Gasteiger partial charge in [0, 0.05) is 44.3 Å². The lowest BCUT2D eigenvalue weighted by Crippen LogP contribution is -2.51. The quantitative estimate of drug-likeness (QED) is 0.227. The van der Waals surface area contributed by atoms with E-state index in [1.165, 1.54) is 17.7 Å². The van der Waals surface area contributed by atoms with Crippen molar-refractivity contribution < 1.29 is 27.9 Å². The molecule has 5 rings (SSSR count). The number of pyridine rings is 1. The van der Waals surface area contributed by atoms with E-state index in [2.05, 4.69) is 33.0 Å². The van der Waals surface area contributed by atoms with E-state index in [1.54, 1.807) is 18.2 Å². The number of amides is 2. The molecule has 3 aliphatic heterocycles. The summed E-state index contributed by atoms with van der Waals surface area (Å²) in [6, 6.07) is 9.89. The number of nitrogens with zero attached hydrogens (tertiary/aromatic N) is 3. The Kier molecular flexibility index (Phi) is 11.1. The number of anilines is 1. The number of aliphatic carboxylic acids is 1. The van der Waals surface area contributed by atoms with E-state index < -0.39 is 34.0 Å². The van der Waals surface area contributed by atoms with Gasteiger partial charge in [-0.15, -0.1) is 0 Å². The number of carbonyl (C=O) groups excluding carboxylic acids is 2. The number of likely N-dealkylation sites (tertiary alicyclic amines) is 1. The normalized spacial score (nSPS) is 21.1. The van der Waals surface area contributed by atoms with Gasteiger partial charge in [-0.05, 0) is 88.1 Å². The molecular formula is C32H44N6O6S. The molecule has 3 atom stereocenters. The van der Waals surface area contributed by atoms with Gasteiger partial charge in [0.25, 0.3) is 0 Å². The number of sulfonamides is 1. The Morgan fingerprint density at radius 3 is 2.67 bits per heavy atom. The molecular weight excluding hydrogens is 596 g/mol. The fourth-order valence-electron chi connectivity index (χ4n) is 6.42. The van der Waals surface area contributed by atoms with E-state index in [0.29, 0.717) is 12.8 Å². The SMILES string of the molecule is O=C(CC[C@@H](NC(=O)[C@@H]1CCCN1S(=O)(=O)c1ccccc1)C(=O)O)N[C@H]1CCN(CCCCc2ccc3c(n2)NCCC3)C1. The molecule has 0 radical (unpaired) electrons. The van der Waals surface area contributed by atoms with Gasteiger partial charge in [-0.3, -0.25) is 9.59 Å². The van der Waals surface area contributed by atoms with Crippen LogP contribution in [0.15, 0.2) is 47.4 Å². The first-order valence-electron chi connectivity index (χ1n) is 16.0. The fourth-order valence-corrected chi connectivity index (χ4v) is 8.10. The molecule has 0 saturated carbocycles. The van der Waals surface area contributed by atoms with E-state index in [4.69, 9.17) is 4.98 Å². The van der Waals surface area contributed by atoms with Crippen LogP contribution < -0.4 is 16.0 Å². The third-order valence-electron chi connectivity index (χ3n) is 8.88. The van der Waals surface area contributed by atoms with Crippen LogP contribution in [0.2, 0.25) is 0 Å². The summed E-state index contributed by atoms with van der Waals surface area (Å²) in [6.07, 6.45) is 6.72. The third kappa shape index (κ3) is 8.59. The Morgan fingerprint density at radius 1 is 1.04 bits per heavy atom. The highest BCUT2D eigenvalue weighted by molar-refractivity contribution is 7.89. The zero-order valence-electron chi connectivity index (χ0n) is 25.6. The molecule has 2 fully saturated rings. The van der Waals surface area contributed by atoms with Crippen LogP contribution in [0.4, 0.5) is 5.82 Å². The van der Waals surface area contributed by atoms with Gasteiger partial charge in [-0.2, -0.15) is 4.31 Å². The van der Waals surface area contributed by atoms with Crippen LogP contribution in [-0.2, 0) is 37.2 Å². The Labute approximate surface area is 265 Å². The van der Waals surface area contributed by atoms with Gasteiger partial charge in [0.15, 0.2) is 0 Å². The van der Waals surface area contributed by atoms with Crippen molar-refractivity contribution >= 4 is 33.6 Å². The standard InChI is InChI=1S/C32H44N6O6S/c39-29(34-25-17-21-37(22-25)19-5-4-9-24-14-13-23-8-6-18-33-30(23)35-24)16-15-27(32(41)42)36-31(40)28-12-7-20-38(28)45(43,44)26-10-2-1-3-11-26/h1-3,10-11,13-14,25,27-28H,4-9,12,15-22H2,(H,33,35)(H,34,39)(H,36,40)(H,41,42)/t25-,27+,28-/m0/s1. The molecule has 4 N–H and O–H groups in total. The van der Waals surface area contributed by atoms with Crippen molar-refractivity contribution in [1.82, 2.24) is 24.8 Å². The minimum absolute atomic E-state index is 0.000929. The molecule has 1 aromatic heterocycles. The summed E-state index contributed by atoms with van der Waals surface area (Å²) >= 11 is 0. The van der Waals surface area contributed by atoms with Gasteiger partial charge >= 0.3 is 5.97 Å². The molecule has 0 bridgehead atoms. The summed E-state index contributed by atoms with van der Waals surface area (Å²) in [7, 11) is -3.90. The number of aryl methyl sites for hydroxylation is 2. The number of aromatic nitrogens is 1. The second-order valence-corrected chi connectivity index (χ2v) is 14.1. The molecule has 13 heteroatoms. The predicted octanol–water partition coefficient (Wildman–Crippen LogP) is 2.16. The van der Waals surface area contributed by atoms with Crippen LogP contribution in [0, 0.1) is 0 Å². The molecule has 45 heavy (non-hydrogen) atoms. The van der Waals surface area contributed by atoms with Gasteiger partial charge < -0.3 is 26.0 Å². The van der Waals surface area contributed by atoms with Gasteiger partial charge in [-0.25, -0.2) is 18.2 Å². The number of unbranched alkanes of at least 4 members (excludes halogenated alkanes) is 1. The Bertz CT molecular complexity index is 1460. The van der Waals surface area contributed by atoms with Gasteiger partial charge in [0.1, 0.15) is 17.9 Å². The molecule has 0 spiro atoms. The van der Waals surface area contributed by atoms with E-state index in [1.807, 2.05) is 0 Å². The number of fused-ring (bicyclic) bond motifs is 1. The fraction of sp³-hybridized carbons (Fsp3) is 0.562. The first-order chi connectivity index (χ1) is 21.7. The number of nitrogens with one attached hydrogen (secondary N) is 3. The molecule has 12 nitrogen and oxygen atoms in total. The molecule has 0 aliphatic carbocycles. The topological polar surface area (TPSA) is 161 Å². The lowest BCUT2D eigenvalue weighted by atomic mass is 10.1. The van der Waals surface area contributed by atoms with Gasteiger partial charge in [-0.1, -0.05) is 24.3 Å². The molecule has 244 valence electrons. The number of hydrogen-bond donors (Lipinski definition) is 4. The Hall–Kier alpha value is -3.55. The lowest BCUT2D eigenvalue weighted by molar-refractivity contribution is -0.142. The number of carboxylic acids is 1. The molecule has 3 aliphatic rings. The highest BCUT2D eigenvalue weighted by atomic mass is 32.2.